The molecule has 0 spiro atoms. The number of fused-ring (bicyclic) bond motifs is 3. The molecule has 154 valence electrons. The normalized spacial score (nSPS) is 19.7. The first kappa shape index (κ1) is 20.6. The number of nitrogens with zero attached hydrogens (tertiary/aromatic N) is 2. The van der Waals surface area contributed by atoms with Crippen molar-refractivity contribution in [3.05, 3.63) is 95.6 Å². The van der Waals surface area contributed by atoms with E-state index in [-0.39, 0.29) is 17.0 Å². The number of aliphatic hydroxyl groups is 1. The van der Waals surface area contributed by atoms with Crippen molar-refractivity contribution in [2.24, 2.45) is 0 Å². The van der Waals surface area contributed by atoms with Crippen LogP contribution in [0.15, 0.2) is 78.9 Å². The van der Waals surface area contributed by atoms with E-state index in [0.717, 1.165) is 24.2 Å². The standard InChI is InChI=1S/C25H25N2O2.BrH/c1-29-22-14-12-21(13-15-22)25(28)18-26-23-10-6-5-9-20(23)11-16-24(26)27(25)17-19-7-3-2-4-8-19;/h2-10,12-15,28H,11,16-18H2,1H3;1H/q+1;. The Hall–Kier alpha value is -2.63. The predicted molar refractivity (Wildman–Crippen MR) is 125 cm³/mol. The zero-order valence-corrected chi connectivity index (χ0v) is 18.7. The summed E-state index contributed by atoms with van der Waals surface area (Å²) in [4.78, 5) is 2.30. The Morgan fingerprint density at radius 3 is 2.37 bits per heavy atom. The van der Waals surface area contributed by atoms with Gasteiger partial charge in [0.05, 0.1) is 13.5 Å². The molecule has 1 atom stereocenters. The van der Waals surface area contributed by atoms with Crippen molar-refractivity contribution in [2.45, 2.75) is 25.1 Å². The van der Waals surface area contributed by atoms with E-state index in [0.29, 0.717) is 13.1 Å². The number of para-hydroxylation sites is 1. The van der Waals surface area contributed by atoms with Crippen molar-refractivity contribution in [3.63, 3.8) is 0 Å². The number of hydrogen-bond acceptors (Lipinski definition) is 3. The number of anilines is 1. The van der Waals surface area contributed by atoms with E-state index in [9.17, 15) is 5.11 Å². The molecule has 3 aromatic carbocycles. The van der Waals surface area contributed by atoms with Crippen LogP contribution in [0.3, 0.4) is 0 Å². The quantitative estimate of drug-likeness (QED) is 0.576. The van der Waals surface area contributed by atoms with Crippen molar-refractivity contribution in [2.75, 3.05) is 18.6 Å². The number of halogens is 1. The van der Waals surface area contributed by atoms with Gasteiger partial charge in [-0.3, -0.25) is 0 Å². The molecule has 0 saturated carbocycles. The fourth-order valence-corrected chi connectivity index (χ4v) is 4.58. The molecule has 1 unspecified atom stereocenters. The van der Waals surface area contributed by atoms with Gasteiger partial charge in [-0.15, -0.1) is 17.0 Å². The molecule has 0 radical (unpaired) electrons. The smallest absolute Gasteiger partial charge is 0.271 e. The maximum atomic E-state index is 12.0. The highest BCUT2D eigenvalue weighted by Gasteiger charge is 2.53. The van der Waals surface area contributed by atoms with Crippen molar-refractivity contribution < 1.29 is 14.4 Å². The van der Waals surface area contributed by atoms with E-state index in [1.807, 2.05) is 30.3 Å². The summed E-state index contributed by atoms with van der Waals surface area (Å²) in [6.45, 7) is 1.18. The highest BCUT2D eigenvalue weighted by Crippen LogP contribution is 2.39. The molecule has 2 aliphatic heterocycles. The second kappa shape index (κ2) is 8.25. The predicted octanol–water partition coefficient (Wildman–Crippen LogP) is 4.50. The first-order valence-electron chi connectivity index (χ1n) is 10.1. The number of hydrogen-bond donors (Lipinski definition) is 1. The molecule has 0 fully saturated rings. The summed E-state index contributed by atoms with van der Waals surface area (Å²) in [6.07, 6.45) is 1.91. The van der Waals surface area contributed by atoms with Crippen LogP contribution in [-0.2, 0) is 18.7 Å². The summed E-state index contributed by atoms with van der Waals surface area (Å²) in [7, 11) is 1.66. The number of ether oxygens (including phenoxy) is 1. The Kier molecular flexibility index (Phi) is 5.67. The molecule has 0 saturated heterocycles. The second-order valence-electron chi connectivity index (χ2n) is 7.75. The minimum atomic E-state index is -1.10. The zero-order valence-electron chi connectivity index (χ0n) is 17.0. The van der Waals surface area contributed by atoms with E-state index in [1.54, 1.807) is 7.11 Å². The van der Waals surface area contributed by atoms with E-state index >= 15 is 0 Å². The average Bonchev–Trinajstić information content (AvgIpc) is 3.07. The molecule has 5 rings (SSSR count). The van der Waals surface area contributed by atoms with E-state index in [1.165, 1.54) is 22.6 Å². The third kappa shape index (κ3) is 3.42. The maximum Gasteiger partial charge on any atom is 0.271 e. The van der Waals surface area contributed by atoms with E-state index < -0.39 is 5.72 Å². The van der Waals surface area contributed by atoms with Crippen LogP contribution >= 0.6 is 17.0 Å². The molecule has 30 heavy (non-hydrogen) atoms. The lowest BCUT2D eigenvalue weighted by Crippen LogP contribution is -2.40. The van der Waals surface area contributed by atoms with Gasteiger partial charge < -0.3 is 9.84 Å². The monoisotopic (exact) mass is 465 g/mol. The Bertz CT molecular complexity index is 1070. The molecule has 1 N–H and O–H groups in total. The van der Waals surface area contributed by atoms with Crippen LogP contribution in [0, 0.1) is 0 Å². The summed E-state index contributed by atoms with van der Waals surface area (Å²) < 4.78 is 7.50. The summed E-state index contributed by atoms with van der Waals surface area (Å²) >= 11 is 0. The van der Waals surface area contributed by atoms with Gasteiger partial charge in [-0.1, -0.05) is 48.5 Å². The summed E-state index contributed by atoms with van der Waals surface area (Å²) in [6, 6.07) is 26.7. The lowest BCUT2D eigenvalue weighted by atomic mass is 10.00. The molecule has 2 heterocycles. The van der Waals surface area contributed by atoms with E-state index in [4.69, 9.17) is 4.74 Å². The van der Waals surface area contributed by atoms with Crippen LogP contribution in [0.5, 0.6) is 5.75 Å². The highest BCUT2D eigenvalue weighted by atomic mass is 79.9. The van der Waals surface area contributed by atoms with Crippen LogP contribution in [0.1, 0.15) is 23.1 Å². The fourth-order valence-electron chi connectivity index (χ4n) is 4.58. The molecule has 0 bridgehead atoms. The summed E-state index contributed by atoms with van der Waals surface area (Å²) in [5, 5.41) is 12.0. The minimum Gasteiger partial charge on any atom is -0.497 e. The van der Waals surface area contributed by atoms with Gasteiger partial charge in [-0.05, 0) is 47.9 Å². The summed E-state index contributed by atoms with van der Waals surface area (Å²) in [5.74, 6) is 1.98. The third-order valence-corrected chi connectivity index (χ3v) is 6.08. The van der Waals surface area contributed by atoms with Crippen LogP contribution in [0.4, 0.5) is 5.69 Å². The van der Waals surface area contributed by atoms with Gasteiger partial charge in [0.25, 0.3) is 11.6 Å². The van der Waals surface area contributed by atoms with Gasteiger partial charge in [0.2, 0.25) is 0 Å². The number of rotatable bonds is 4. The van der Waals surface area contributed by atoms with E-state index in [2.05, 4.69) is 58.0 Å². The number of amidine groups is 1. The SMILES string of the molecule is Br.COc1ccc(C2(O)CN3C(=[N+]2Cc2ccccc2)CCc2ccccc23)cc1. The van der Waals surface area contributed by atoms with Gasteiger partial charge in [-0.2, -0.15) is 0 Å². The van der Waals surface area contributed by atoms with Gasteiger partial charge >= 0.3 is 0 Å². The lowest BCUT2D eigenvalue weighted by molar-refractivity contribution is -0.671. The molecule has 3 aromatic rings. The first-order chi connectivity index (χ1) is 14.2. The number of methoxy groups -OCH3 is 1. The molecule has 5 heteroatoms. The molecule has 0 amide bonds. The molecule has 2 aliphatic rings. The van der Waals surface area contributed by atoms with Crippen LogP contribution in [-0.4, -0.2) is 29.2 Å². The van der Waals surface area contributed by atoms with Crippen LogP contribution < -0.4 is 9.64 Å². The molecular formula is C25H26BrN2O2+. The third-order valence-electron chi connectivity index (χ3n) is 6.08. The Labute approximate surface area is 187 Å². The first-order valence-corrected chi connectivity index (χ1v) is 10.1. The lowest BCUT2D eigenvalue weighted by Gasteiger charge is -2.24. The van der Waals surface area contributed by atoms with Crippen molar-refractivity contribution >= 4 is 28.5 Å². The fraction of sp³-hybridized carbons (Fsp3) is 0.240. The summed E-state index contributed by atoms with van der Waals surface area (Å²) in [5.41, 5.74) is 3.52. The number of benzene rings is 3. The van der Waals surface area contributed by atoms with Gasteiger partial charge in [0.1, 0.15) is 18.0 Å². The maximum absolute atomic E-state index is 12.0. The average molecular weight is 466 g/mol. The molecule has 4 nitrogen and oxygen atoms in total. The topological polar surface area (TPSA) is 35.7 Å². The Balaban J connectivity index is 0.00000218. The Morgan fingerprint density at radius 2 is 1.63 bits per heavy atom. The number of aryl methyl sites for hydroxylation is 1. The van der Waals surface area contributed by atoms with Crippen molar-refractivity contribution in [1.29, 1.82) is 0 Å². The van der Waals surface area contributed by atoms with Crippen LogP contribution in [0.25, 0.3) is 0 Å². The highest BCUT2D eigenvalue weighted by molar-refractivity contribution is 8.93. The Morgan fingerprint density at radius 1 is 0.933 bits per heavy atom. The molecule has 0 aliphatic carbocycles. The molecule has 0 aromatic heterocycles. The van der Waals surface area contributed by atoms with Gasteiger partial charge in [0.15, 0.2) is 6.54 Å². The van der Waals surface area contributed by atoms with Crippen LogP contribution in [0.2, 0.25) is 0 Å². The minimum absolute atomic E-state index is 0. The zero-order chi connectivity index (χ0) is 19.8. The van der Waals surface area contributed by atoms with Gasteiger partial charge in [0, 0.05) is 5.56 Å². The van der Waals surface area contributed by atoms with Crippen molar-refractivity contribution in [1.82, 2.24) is 0 Å². The largest absolute Gasteiger partial charge is 0.497 e. The van der Waals surface area contributed by atoms with Crippen molar-refractivity contribution in [3.8, 4) is 5.75 Å². The molecular weight excluding hydrogens is 440 g/mol. The second-order valence-corrected chi connectivity index (χ2v) is 7.75. The van der Waals surface area contributed by atoms with Gasteiger partial charge in [-0.25, -0.2) is 9.48 Å².